The monoisotopic (exact) mass is 315 g/mol. The van der Waals surface area contributed by atoms with Crippen molar-refractivity contribution in [2.45, 2.75) is 0 Å². The van der Waals surface area contributed by atoms with Crippen molar-refractivity contribution >= 4 is 28.5 Å². The van der Waals surface area contributed by atoms with Gasteiger partial charge in [0.1, 0.15) is 5.69 Å². The lowest BCUT2D eigenvalue weighted by molar-refractivity contribution is 0.0995. The largest absolute Gasteiger partial charge is 0.364 e. The summed E-state index contributed by atoms with van der Waals surface area (Å²) in [7, 11) is 0. The molecule has 0 saturated carbocycles. The van der Waals surface area contributed by atoms with Crippen LogP contribution in [0.15, 0.2) is 24.7 Å². The summed E-state index contributed by atoms with van der Waals surface area (Å²) in [5, 5.41) is 3.92. The number of carbonyl (C=O) groups is 1. The van der Waals surface area contributed by atoms with Crippen molar-refractivity contribution < 1.29 is 4.79 Å². The normalized spacial score (nSPS) is 10.2. The van der Waals surface area contributed by atoms with Gasteiger partial charge in [-0.3, -0.25) is 4.79 Å². The summed E-state index contributed by atoms with van der Waals surface area (Å²) < 4.78 is 2.33. The van der Waals surface area contributed by atoms with Crippen LogP contribution in [0.2, 0.25) is 0 Å². The van der Waals surface area contributed by atoms with Crippen LogP contribution in [0.1, 0.15) is 10.5 Å². The van der Waals surface area contributed by atoms with Gasteiger partial charge < -0.3 is 5.73 Å². The number of hydrogen-bond acceptors (Lipinski definition) is 4. The van der Waals surface area contributed by atoms with E-state index in [4.69, 9.17) is 5.73 Å². The van der Waals surface area contributed by atoms with Gasteiger partial charge in [-0.05, 0) is 28.7 Å². The summed E-state index contributed by atoms with van der Waals surface area (Å²) in [6.07, 6.45) is 4.91. The lowest BCUT2D eigenvalue weighted by Crippen LogP contribution is -2.12. The molecule has 2 aromatic rings. The average Bonchev–Trinajstić information content (AvgIpc) is 2.68. The second-order valence-corrected chi connectivity index (χ2v) is 3.96. The predicted octanol–water partition coefficient (Wildman–Crippen LogP) is 0.366. The number of carbonyl (C=O) groups excluding carboxylic acids is 1. The maximum Gasteiger partial charge on any atom is 0.269 e. The molecule has 2 N–H and O–H groups in total. The molecule has 15 heavy (non-hydrogen) atoms. The van der Waals surface area contributed by atoms with E-state index in [-0.39, 0.29) is 5.69 Å². The molecule has 76 valence electrons. The molecule has 0 saturated heterocycles. The van der Waals surface area contributed by atoms with Crippen molar-refractivity contribution in [1.29, 1.82) is 0 Å². The first-order chi connectivity index (χ1) is 7.16. The van der Waals surface area contributed by atoms with Crippen LogP contribution in [0, 0.1) is 3.57 Å². The van der Waals surface area contributed by atoms with Crippen molar-refractivity contribution in [2.75, 3.05) is 0 Å². The Balaban J connectivity index is 2.37. The summed E-state index contributed by atoms with van der Waals surface area (Å²) >= 11 is 2.10. The summed E-state index contributed by atoms with van der Waals surface area (Å²) in [5.41, 5.74) is 5.26. The quantitative estimate of drug-likeness (QED) is 0.811. The Morgan fingerprint density at radius 2 is 2.07 bits per heavy atom. The lowest BCUT2D eigenvalue weighted by atomic mass is 10.4. The fraction of sp³-hybridized carbons (Fsp3) is 0. The van der Waals surface area contributed by atoms with E-state index >= 15 is 0 Å². The number of hydrogen-bond donors (Lipinski definition) is 1. The summed E-state index contributed by atoms with van der Waals surface area (Å²) in [5.74, 6) is -0.165. The van der Waals surface area contributed by atoms with Gasteiger partial charge in [-0.2, -0.15) is 5.10 Å². The molecule has 2 heterocycles. The molecule has 0 aliphatic heterocycles. The van der Waals surface area contributed by atoms with Crippen LogP contribution < -0.4 is 5.73 Å². The first-order valence-electron chi connectivity index (χ1n) is 4.00. The number of nitrogens with two attached hydrogens (primary N) is 1. The maximum absolute atomic E-state index is 10.8. The molecule has 6 nitrogen and oxygen atoms in total. The van der Waals surface area contributed by atoms with Crippen LogP contribution in [0.5, 0.6) is 0 Å². The van der Waals surface area contributed by atoms with Crippen molar-refractivity contribution in [3.8, 4) is 5.95 Å². The van der Waals surface area contributed by atoms with Crippen LogP contribution in [-0.2, 0) is 0 Å². The highest BCUT2D eigenvalue weighted by Crippen LogP contribution is 2.04. The van der Waals surface area contributed by atoms with Crippen molar-refractivity contribution in [2.24, 2.45) is 5.73 Å². The van der Waals surface area contributed by atoms with Gasteiger partial charge in [0.05, 0.1) is 0 Å². The Morgan fingerprint density at radius 1 is 1.40 bits per heavy atom. The van der Waals surface area contributed by atoms with Gasteiger partial charge in [0.25, 0.3) is 11.9 Å². The molecule has 7 heteroatoms. The molecular weight excluding hydrogens is 309 g/mol. The zero-order valence-electron chi connectivity index (χ0n) is 7.46. The number of halogens is 1. The number of rotatable bonds is 2. The van der Waals surface area contributed by atoms with Crippen molar-refractivity contribution in [3.63, 3.8) is 0 Å². The first-order valence-corrected chi connectivity index (χ1v) is 5.08. The van der Waals surface area contributed by atoms with Gasteiger partial charge >= 0.3 is 0 Å². The molecular formula is C8H6IN5O. The molecule has 0 fully saturated rings. The highest BCUT2D eigenvalue weighted by molar-refractivity contribution is 14.1. The van der Waals surface area contributed by atoms with Gasteiger partial charge in [-0.15, -0.1) is 0 Å². The van der Waals surface area contributed by atoms with E-state index in [1.807, 2.05) is 0 Å². The van der Waals surface area contributed by atoms with E-state index < -0.39 is 5.91 Å². The van der Waals surface area contributed by atoms with Gasteiger partial charge in [-0.1, -0.05) is 0 Å². The Labute approximate surface area is 98.7 Å². The van der Waals surface area contributed by atoms with E-state index in [0.29, 0.717) is 5.95 Å². The minimum atomic E-state index is -0.570. The summed E-state index contributed by atoms with van der Waals surface area (Å²) in [6.45, 7) is 0. The average molecular weight is 315 g/mol. The molecule has 0 aliphatic rings. The molecule has 0 spiro atoms. The van der Waals surface area contributed by atoms with Crippen LogP contribution in [0.3, 0.4) is 0 Å². The minimum absolute atomic E-state index is 0.192. The second-order valence-electron chi connectivity index (χ2n) is 2.71. The number of nitrogens with zero attached hydrogens (tertiary/aromatic N) is 4. The molecule has 0 unspecified atom stereocenters. The Morgan fingerprint density at radius 3 is 2.60 bits per heavy atom. The number of primary amides is 1. The lowest BCUT2D eigenvalue weighted by Gasteiger charge is -1.97. The SMILES string of the molecule is NC(=O)c1ccn(-c2ncc(I)cn2)n1. The van der Waals surface area contributed by atoms with Gasteiger partial charge in [0, 0.05) is 22.2 Å². The van der Waals surface area contributed by atoms with Crippen LogP contribution >= 0.6 is 22.6 Å². The fourth-order valence-corrected chi connectivity index (χ4v) is 1.27. The van der Waals surface area contributed by atoms with E-state index in [2.05, 4.69) is 37.7 Å². The van der Waals surface area contributed by atoms with Crippen LogP contribution in [0.4, 0.5) is 0 Å². The maximum atomic E-state index is 10.8. The fourth-order valence-electron chi connectivity index (χ4n) is 0.991. The molecule has 0 radical (unpaired) electrons. The van der Waals surface area contributed by atoms with Crippen molar-refractivity contribution in [1.82, 2.24) is 19.7 Å². The molecule has 2 rings (SSSR count). The highest BCUT2D eigenvalue weighted by atomic mass is 127. The summed E-state index contributed by atoms with van der Waals surface area (Å²) in [4.78, 5) is 18.9. The van der Waals surface area contributed by atoms with Gasteiger partial charge in [0.15, 0.2) is 0 Å². The van der Waals surface area contributed by atoms with Gasteiger partial charge in [0.2, 0.25) is 0 Å². The Bertz CT molecular complexity index is 492. The van der Waals surface area contributed by atoms with E-state index in [1.165, 1.54) is 10.7 Å². The Kier molecular flexibility index (Phi) is 2.62. The third-order valence-corrected chi connectivity index (χ3v) is 2.21. The molecule has 1 amide bonds. The zero-order valence-corrected chi connectivity index (χ0v) is 9.62. The molecule has 0 aromatic carbocycles. The Hall–Kier alpha value is -1.51. The highest BCUT2D eigenvalue weighted by Gasteiger charge is 2.06. The number of aromatic nitrogens is 4. The topological polar surface area (TPSA) is 86.7 Å². The summed E-state index contributed by atoms with van der Waals surface area (Å²) in [6, 6.07) is 1.52. The third kappa shape index (κ3) is 2.12. The van der Waals surface area contributed by atoms with Crippen LogP contribution in [-0.4, -0.2) is 25.7 Å². The standard InChI is InChI=1S/C8H6IN5O/c9-5-3-11-8(12-4-5)14-2-1-6(13-14)7(10)15/h1-4H,(H2,10,15). The van der Waals surface area contributed by atoms with E-state index in [9.17, 15) is 4.79 Å². The molecule has 0 aliphatic carbocycles. The predicted molar refractivity (Wildman–Crippen MR) is 60.4 cm³/mol. The minimum Gasteiger partial charge on any atom is -0.364 e. The smallest absolute Gasteiger partial charge is 0.269 e. The van der Waals surface area contributed by atoms with E-state index in [0.717, 1.165) is 3.57 Å². The van der Waals surface area contributed by atoms with Crippen molar-refractivity contribution in [3.05, 3.63) is 33.9 Å². The third-order valence-electron chi connectivity index (χ3n) is 1.65. The molecule has 0 bridgehead atoms. The zero-order chi connectivity index (χ0) is 10.8. The van der Waals surface area contributed by atoms with E-state index in [1.54, 1.807) is 18.6 Å². The molecule has 0 atom stereocenters. The first kappa shape index (κ1) is 10.0. The van der Waals surface area contributed by atoms with Gasteiger partial charge in [-0.25, -0.2) is 14.6 Å². The number of amides is 1. The second kappa shape index (κ2) is 3.93. The molecule has 2 aromatic heterocycles. The van der Waals surface area contributed by atoms with Crippen LogP contribution in [0.25, 0.3) is 5.95 Å².